The lowest BCUT2D eigenvalue weighted by Gasteiger charge is -2.15. The first-order valence-corrected chi connectivity index (χ1v) is 9.25. The van der Waals surface area contributed by atoms with Crippen LogP contribution in [0, 0.1) is 13.8 Å². The van der Waals surface area contributed by atoms with Crippen molar-refractivity contribution in [3.8, 4) is 11.4 Å². The van der Waals surface area contributed by atoms with E-state index in [2.05, 4.69) is 18.3 Å². The number of methoxy groups -OCH3 is 1. The van der Waals surface area contributed by atoms with Crippen molar-refractivity contribution >= 4 is 6.09 Å². The van der Waals surface area contributed by atoms with Gasteiger partial charge >= 0.3 is 6.09 Å². The maximum absolute atomic E-state index is 11.8. The molecule has 1 aliphatic carbocycles. The zero-order chi connectivity index (χ0) is 19.6. The van der Waals surface area contributed by atoms with Gasteiger partial charge in [-0.05, 0) is 64.5 Å². The van der Waals surface area contributed by atoms with Crippen LogP contribution in [0.15, 0.2) is 36.4 Å². The molecule has 3 rings (SSSR count). The number of rotatable bonds is 5. The number of hydrogen-bond donors (Lipinski definition) is 1. The maximum Gasteiger partial charge on any atom is 0.407 e. The van der Waals surface area contributed by atoms with Gasteiger partial charge in [0.25, 0.3) is 0 Å². The van der Waals surface area contributed by atoms with Crippen LogP contribution in [0.1, 0.15) is 43.1 Å². The minimum atomic E-state index is -0.373. The van der Waals surface area contributed by atoms with E-state index in [1.54, 1.807) is 7.11 Å². The Morgan fingerprint density at radius 3 is 2.56 bits per heavy atom. The number of benzene rings is 1. The fourth-order valence-corrected chi connectivity index (χ4v) is 3.54. The first-order chi connectivity index (χ1) is 12.9. The lowest BCUT2D eigenvalue weighted by atomic mass is 9.96. The summed E-state index contributed by atoms with van der Waals surface area (Å²) in [6, 6.07) is 7.91. The fourth-order valence-electron chi connectivity index (χ4n) is 3.54. The molecule has 0 saturated carbocycles. The second kappa shape index (κ2) is 7.86. The van der Waals surface area contributed by atoms with Crippen LogP contribution in [0.4, 0.5) is 4.79 Å². The van der Waals surface area contributed by atoms with Crippen LogP contribution in [-0.2, 0) is 4.74 Å². The fraction of sp³-hybridized carbons (Fsp3) is 0.429. The van der Waals surface area contributed by atoms with Crippen LogP contribution in [0.2, 0.25) is 0 Å². The van der Waals surface area contributed by atoms with Crippen LogP contribution in [0.25, 0.3) is 5.69 Å². The minimum absolute atomic E-state index is 0.0610. The second-order valence-corrected chi connectivity index (χ2v) is 7.16. The Bertz CT molecular complexity index is 837. The van der Waals surface area contributed by atoms with E-state index in [1.165, 1.54) is 5.56 Å². The number of allylic oxidation sites excluding steroid dienone is 1. The predicted octanol–water partition coefficient (Wildman–Crippen LogP) is 4.04. The Hall–Kier alpha value is -2.76. The summed E-state index contributed by atoms with van der Waals surface area (Å²) in [6.45, 7) is 7.92. The molecule has 0 bridgehead atoms. The van der Waals surface area contributed by atoms with Crippen molar-refractivity contribution in [2.75, 3.05) is 7.11 Å². The van der Waals surface area contributed by atoms with E-state index in [9.17, 15) is 4.79 Å². The van der Waals surface area contributed by atoms with Gasteiger partial charge in [0.2, 0.25) is 0 Å². The van der Waals surface area contributed by atoms with Crippen LogP contribution < -0.4 is 10.1 Å². The molecule has 1 aliphatic rings. The van der Waals surface area contributed by atoms with Gasteiger partial charge in [0, 0.05) is 23.2 Å². The van der Waals surface area contributed by atoms with Gasteiger partial charge in [0.1, 0.15) is 11.9 Å². The zero-order valence-electron chi connectivity index (χ0n) is 16.5. The molecule has 0 spiro atoms. The Morgan fingerprint density at radius 1 is 1.22 bits per heavy atom. The average molecular weight is 369 g/mol. The van der Waals surface area contributed by atoms with E-state index in [-0.39, 0.29) is 24.2 Å². The monoisotopic (exact) mass is 369 g/mol. The minimum Gasteiger partial charge on any atom is -0.497 e. The number of aryl methyl sites for hydroxylation is 1. The van der Waals surface area contributed by atoms with Gasteiger partial charge in [0.15, 0.2) is 0 Å². The van der Waals surface area contributed by atoms with Gasteiger partial charge in [-0.15, -0.1) is 0 Å². The highest BCUT2D eigenvalue weighted by atomic mass is 16.6. The summed E-state index contributed by atoms with van der Waals surface area (Å²) in [6.07, 6.45) is 4.23. The lowest BCUT2D eigenvalue weighted by molar-refractivity contribution is 0.115. The molecule has 2 aromatic rings. The van der Waals surface area contributed by atoms with Crippen molar-refractivity contribution in [1.29, 1.82) is 0 Å². The van der Waals surface area contributed by atoms with E-state index >= 15 is 0 Å². The summed E-state index contributed by atoms with van der Waals surface area (Å²) in [5, 5.41) is 7.49. The van der Waals surface area contributed by atoms with Gasteiger partial charge in [0.05, 0.1) is 18.5 Å². The zero-order valence-corrected chi connectivity index (χ0v) is 16.5. The van der Waals surface area contributed by atoms with Gasteiger partial charge in [-0.3, -0.25) is 0 Å². The Balaban J connectivity index is 1.75. The quantitative estimate of drug-likeness (QED) is 0.808. The molecule has 0 fully saturated rings. The number of carbonyl (C=O) groups excluding carboxylic acids is 1. The Kier molecular flexibility index (Phi) is 5.54. The molecule has 0 saturated heterocycles. The largest absolute Gasteiger partial charge is 0.497 e. The van der Waals surface area contributed by atoms with Gasteiger partial charge < -0.3 is 14.8 Å². The molecule has 6 heteroatoms. The molecule has 0 unspecified atom stereocenters. The van der Waals surface area contributed by atoms with Crippen molar-refractivity contribution < 1.29 is 14.3 Å². The van der Waals surface area contributed by atoms with Crippen molar-refractivity contribution in [3.05, 3.63) is 53.4 Å². The molecule has 27 heavy (non-hydrogen) atoms. The van der Waals surface area contributed by atoms with E-state index < -0.39 is 0 Å². The topological polar surface area (TPSA) is 65.4 Å². The molecule has 1 amide bonds. The summed E-state index contributed by atoms with van der Waals surface area (Å²) in [5.41, 5.74) is 4.27. The highest BCUT2D eigenvalue weighted by molar-refractivity contribution is 5.68. The van der Waals surface area contributed by atoms with E-state index in [0.29, 0.717) is 0 Å². The average Bonchev–Trinajstić information content (AvgIpc) is 3.18. The molecule has 6 nitrogen and oxygen atoms in total. The van der Waals surface area contributed by atoms with Crippen molar-refractivity contribution in [3.63, 3.8) is 0 Å². The van der Waals surface area contributed by atoms with E-state index in [1.807, 2.05) is 55.8 Å². The first kappa shape index (κ1) is 19.0. The molecular weight excluding hydrogens is 342 g/mol. The smallest absolute Gasteiger partial charge is 0.407 e. The highest BCUT2D eigenvalue weighted by Crippen LogP contribution is 2.35. The number of ether oxygens (including phenoxy) is 2. The number of alkyl carbamates (subject to hydrolysis) is 1. The number of hydrogen-bond acceptors (Lipinski definition) is 4. The van der Waals surface area contributed by atoms with Crippen molar-refractivity contribution in [2.45, 2.75) is 52.2 Å². The standard InChI is InChI=1S/C21H27N3O3/c1-13(2)22-21(25)27-19-9-6-16(12-19)20-14(3)23-24(15(20)4)17-7-10-18(26-5)11-8-17/h6-11,13,16,19H,12H2,1-5H3,(H,22,25)/t16-,19-/m1/s1. The summed E-state index contributed by atoms with van der Waals surface area (Å²) in [7, 11) is 1.66. The van der Waals surface area contributed by atoms with Crippen molar-refractivity contribution in [1.82, 2.24) is 15.1 Å². The summed E-state index contributed by atoms with van der Waals surface area (Å²) >= 11 is 0. The predicted molar refractivity (Wildman–Crippen MR) is 105 cm³/mol. The summed E-state index contributed by atoms with van der Waals surface area (Å²) < 4.78 is 12.7. The van der Waals surface area contributed by atoms with Gasteiger partial charge in [-0.1, -0.05) is 6.08 Å². The number of amides is 1. The van der Waals surface area contributed by atoms with Gasteiger partial charge in [-0.2, -0.15) is 5.10 Å². The Morgan fingerprint density at radius 2 is 1.93 bits per heavy atom. The molecule has 1 aromatic heterocycles. The lowest BCUT2D eigenvalue weighted by Crippen LogP contribution is -2.33. The third kappa shape index (κ3) is 4.15. The molecule has 1 aromatic carbocycles. The molecule has 0 radical (unpaired) electrons. The third-order valence-corrected chi connectivity index (χ3v) is 4.74. The van der Waals surface area contributed by atoms with Gasteiger partial charge in [-0.25, -0.2) is 9.48 Å². The summed E-state index contributed by atoms with van der Waals surface area (Å²) in [5.74, 6) is 1.01. The first-order valence-electron chi connectivity index (χ1n) is 9.25. The molecule has 0 aliphatic heterocycles. The van der Waals surface area contributed by atoms with E-state index in [4.69, 9.17) is 14.6 Å². The number of nitrogens with zero attached hydrogens (tertiary/aromatic N) is 2. The van der Waals surface area contributed by atoms with E-state index in [0.717, 1.165) is 29.2 Å². The van der Waals surface area contributed by atoms with Crippen LogP contribution in [0.3, 0.4) is 0 Å². The molecule has 1 N–H and O–H groups in total. The molecule has 2 atom stereocenters. The van der Waals surface area contributed by atoms with Crippen LogP contribution in [0.5, 0.6) is 5.75 Å². The van der Waals surface area contributed by atoms with Crippen molar-refractivity contribution in [2.24, 2.45) is 0 Å². The number of nitrogens with one attached hydrogen (secondary N) is 1. The molecule has 1 heterocycles. The normalized spacial score (nSPS) is 18.7. The number of carbonyl (C=O) groups is 1. The molecular formula is C21H27N3O3. The van der Waals surface area contributed by atoms with Crippen LogP contribution in [-0.4, -0.2) is 35.1 Å². The maximum atomic E-state index is 11.8. The van der Waals surface area contributed by atoms with Crippen LogP contribution >= 0.6 is 0 Å². The number of aromatic nitrogens is 2. The second-order valence-electron chi connectivity index (χ2n) is 7.16. The highest BCUT2D eigenvalue weighted by Gasteiger charge is 2.28. The summed E-state index contributed by atoms with van der Waals surface area (Å²) in [4.78, 5) is 11.8. The molecule has 144 valence electrons. The third-order valence-electron chi connectivity index (χ3n) is 4.74. The Labute approximate surface area is 160 Å². The SMILES string of the molecule is COc1ccc(-n2nc(C)c([C@@H]3C=C[C@@H](OC(=O)NC(C)C)C3)c2C)cc1.